The van der Waals surface area contributed by atoms with E-state index in [9.17, 15) is 8.42 Å². The summed E-state index contributed by atoms with van der Waals surface area (Å²) in [4.78, 5) is -0.0674. The molecule has 10 heteroatoms. The van der Waals surface area contributed by atoms with Gasteiger partial charge in [-0.25, -0.2) is 13.1 Å². The third kappa shape index (κ3) is 4.11. The van der Waals surface area contributed by atoms with Gasteiger partial charge in [-0.15, -0.1) is 10.2 Å². The summed E-state index contributed by atoms with van der Waals surface area (Å²) in [5.74, 6) is 1.12. The number of hydrogen-bond acceptors (Lipinski definition) is 7. The summed E-state index contributed by atoms with van der Waals surface area (Å²) in [5.41, 5.74) is 1.16. The molecule has 0 aliphatic rings. The van der Waals surface area contributed by atoms with E-state index >= 15 is 0 Å². The molecule has 148 valence electrons. The molecule has 0 atom stereocenters. The molecular formula is C20H15N7O2S. The number of sulfonamides is 1. The highest BCUT2D eigenvalue weighted by Crippen LogP contribution is 2.22. The zero-order valence-electron chi connectivity index (χ0n) is 15.5. The van der Waals surface area contributed by atoms with E-state index in [0.717, 1.165) is 0 Å². The van der Waals surface area contributed by atoms with Gasteiger partial charge in [0.15, 0.2) is 11.6 Å². The SMILES string of the molecule is N#Cc1ccccc1S(=O)(=O)Nc1ccc(Nc2ccc(-n3cccn3)nn2)cc1. The van der Waals surface area contributed by atoms with Crippen molar-refractivity contribution < 1.29 is 8.42 Å². The van der Waals surface area contributed by atoms with Gasteiger partial charge in [0.1, 0.15) is 11.0 Å². The van der Waals surface area contributed by atoms with Crippen molar-refractivity contribution in [3.63, 3.8) is 0 Å². The molecule has 0 aliphatic heterocycles. The normalized spacial score (nSPS) is 10.9. The van der Waals surface area contributed by atoms with Crippen molar-refractivity contribution in [2.45, 2.75) is 4.90 Å². The second kappa shape index (κ2) is 8.02. The largest absolute Gasteiger partial charge is 0.339 e. The first-order valence-corrected chi connectivity index (χ1v) is 10.3. The molecule has 2 aromatic carbocycles. The fraction of sp³-hybridized carbons (Fsp3) is 0. The Morgan fingerprint density at radius 2 is 1.67 bits per heavy atom. The van der Waals surface area contributed by atoms with Gasteiger partial charge in [0.25, 0.3) is 10.0 Å². The maximum Gasteiger partial charge on any atom is 0.263 e. The molecule has 0 radical (unpaired) electrons. The first-order valence-electron chi connectivity index (χ1n) is 8.78. The van der Waals surface area contributed by atoms with E-state index in [1.165, 1.54) is 12.1 Å². The van der Waals surface area contributed by atoms with Crippen molar-refractivity contribution in [1.29, 1.82) is 5.26 Å². The standard InChI is InChI=1S/C20H15N7O2S/c21-14-15-4-1-2-5-18(15)30(28,29)26-17-8-6-16(7-9-17)23-19-10-11-20(25-24-19)27-13-3-12-22-27/h1-13,26H,(H,23,24). The molecule has 0 amide bonds. The number of aromatic nitrogens is 4. The molecule has 0 aliphatic carbocycles. The molecule has 0 saturated carbocycles. The van der Waals surface area contributed by atoms with Crippen LogP contribution in [0, 0.1) is 11.3 Å². The van der Waals surface area contributed by atoms with E-state index in [1.54, 1.807) is 71.7 Å². The van der Waals surface area contributed by atoms with Crippen LogP contribution < -0.4 is 10.0 Å². The van der Waals surface area contributed by atoms with Gasteiger partial charge < -0.3 is 5.32 Å². The van der Waals surface area contributed by atoms with Crippen LogP contribution in [0.2, 0.25) is 0 Å². The Morgan fingerprint density at radius 3 is 2.33 bits per heavy atom. The third-order valence-electron chi connectivity index (χ3n) is 4.10. The Balaban J connectivity index is 1.46. The lowest BCUT2D eigenvalue weighted by atomic mass is 10.2. The van der Waals surface area contributed by atoms with E-state index in [0.29, 0.717) is 23.0 Å². The highest BCUT2D eigenvalue weighted by molar-refractivity contribution is 7.92. The van der Waals surface area contributed by atoms with E-state index in [4.69, 9.17) is 5.26 Å². The molecule has 9 nitrogen and oxygen atoms in total. The molecule has 2 N–H and O–H groups in total. The van der Waals surface area contributed by atoms with Gasteiger partial charge in [0, 0.05) is 23.8 Å². The predicted molar refractivity (Wildman–Crippen MR) is 111 cm³/mol. The number of hydrogen-bond donors (Lipinski definition) is 2. The Bertz CT molecular complexity index is 1290. The average molecular weight is 417 g/mol. The Morgan fingerprint density at radius 1 is 0.900 bits per heavy atom. The minimum atomic E-state index is -3.88. The van der Waals surface area contributed by atoms with Crippen LogP contribution in [0.15, 0.2) is 84.0 Å². The number of nitriles is 1. The summed E-state index contributed by atoms with van der Waals surface area (Å²) in [6.07, 6.45) is 3.43. The van der Waals surface area contributed by atoms with Gasteiger partial charge in [-0.2, -0.15) is 10.4 Å². The van der Waals surface area contributed by atoms with E-state index in [-0.39, 0.29) is 10.5 Å². The lowest BCUT2D eigenvalue weighted by molar-refractivity contribution is 0.601. The quantitative estimate of drug-likeness (QED) is 0.494. The lowest BCUT2D eigenvalue weighted by Gasteiger charge is -2.10. The van der Waals surface area contributed by atoms with Crippen molar-refractivity contribution in [3.8, 4) is 11.9 Å². The number of benzene rings is 2. The predicted octanol–water partition coefficient (Wildman–Crippen LogP) is 3.08. The van der Waals surface area contributed by atoms with Crippen LogP contribution in [0.1, 0.15) is 5.56 Å². The molecule has 4 aromatic rings. The van der Waals surface area contributed by atoms with Crippen LogP contribution in [0.5, 0.6) is 0 Å². The first-order chi connectivity index (χ1) is 14.5. The topological polar surface area (TPSA) is 126 Å². The smallest absolute Gasteiger partial charge is 0.263 e. The van der Waals surface area contributed by atoms with Gasteiger partial charge in [0.2, 0.25) is 0 Å². The molecule has 0 saturated heterocycles. The number of nitrogens with one attached hydrogen (secondary N) is 2. The van der Waals surface area contributed by atoms with Crippen LogP contribution in [0.3, 0.4) is 0 Å². The minimum Gasteiger partial charge on any atom is -0.339 e. The molecule has 0 fully saturated rings. The molecule has 2 aromatic heterocycles. The molecule has 0 unspecified atom stereocenters. The first kappa shape index (κ1) is 19.1. The van der Waals surface area contributed by atoms with Crippen LogP contribution in [0.4, 0.5) is 17.2 Å². The molecule has 2 heterocycles. The lowest BCUT2D eigenvalue weighted by Crippen LogP contribution is -2.14. The Kier molecular flexibility index (Phi) is 5.11. The average Bonchev–Trinajstić information content (AvgIpc) is 3.30. The Hall–Kier alpha value is -4.23. The van der Waals surface area contributed by atoms with Crippen molar-refractivity contribution >= 4 is 27.2 Å². The summed E-state index contributed by atoms with van der Waals surface area (Å²) in [5, 5.41) is 24.5. The molecule has 0 spiro atoms. The van der Waals surface area contributed by atoms with Crippen LogP contribution >= 0.6 is 0 Å². The van der Waals surface area contributed by atoms with Crippen molar-refractivity contribution in [2.75, 3.05) is 10.0 Å². The van der Waals surface area contributed by atoms with E-state index < -0.39 is 10.0 Å². The zero-order valence-corrected chi connectivity index (χ0v) is 16.3. The summed E-state index contributed by atoms with van der Waals surface area (Å²) in [7, 11) is -3.88. The van der Waals surface area contributed by atoms with Crippen molar-refractivity contribution in [3.05, 3.63) is 84.7 Å². The molecule has 4 rings (SSSR count). The van der Waals surface area contributed by atoms with Gasteiger partial charge in [-0.1, -0.05) is 12.1 Å². The Labute approximate surface area is 172 Å². The third-order valence-corrected chi connectivity index (χ3v) is 5.54. The van der Waals surface area contributed by atoms with Crippen LogP contribution in [-0.4, -0.2) is 28.4 Å². The highest BCUT2D eigenvalue weighted by Gasteiger charge is 2.18. The van der Waals surface area contributed by atoms with Gasteiger partial charge >= 0.3 is 0 Å². The number of anilines is 3. The fourth-order valence-corrected chi connectivity index (χ4v) is 3.91. The summed E-state index contributed by atoms with van der Waals surface area (Å²) < 4.78 is 29.2. The number of rotatable bonds is 6. The summed E-state index contributed by atoms with van der Waals surface area (Å²) in [6.45, 7) is 0. The van der Waals surface area contributed by atoms with Crippen LogP contribution in [-0.2, 0) is 10.0 Å². The minimum absolute atomic E-state index is 0.0674. The van der Waals surface area contributed by atoms with E-state index in [2.05, 4.69) is 25.3 Å². The maximum absolute atomic E-state index is 12.6. The fourth-order valence-electron chi connectivity index (χ4n) is 2.69. The van der Waals surface area contributed by atoms with Crippen LogP contribution in [0.25, 0.3) is 5.82 Å². The van der Waals surface area contributed by atoms with Crippen molar-refractivity contribution in [2.24, 2.45) is 0 Å². The number of nitrogens with zero attached hydrogens (tertiary/aromatic N) is 5. The highest BCUT2D eigenvalue weighted by atomic mass is 32.2. The molecule has 0 bridgehead atoms. The zero-order chi connectivity index (χ0) is 21.0. The molecular weight excluding hydrogens is 402 g/mol. The van der Waals surface area contributed by atoms with E-state index in [1.807, 2.05) is 6.07 Å². The van der Waals surface area contributed by atoms with Gasteiger partial charge in [-0.05, 0) is 54.6 Å². The second-order valence-corrected chi connectivity index (χ2v) is 7.79. The second-order valence-electron chi connectivity index (χ2n) is 6.14. The summed E-state index contributed by atoms with van der Waals surface area (Å²) >= 11 is 0. The maximum atomic E-state index is 12.6. The van der Waals surface area contributed by atoms with Gasteiger partial charge in [0.05, 0.1) is 5.56 Å². The van der Waals surface area contributed by atoms with Crippen molar-refractivity contribution in [1.82, 2.24) is 20.0 Å². The van der Waals surface area contributed by atoms with Gasteiger partial charge in [-0.3, -0.25) is 4.72 Å². The monoisotopic (exact) mass is 417 g/mol. The summed E-state index contributed by atoms with van der Waals surface area (Å²) in [6, 6.07) is 19.9. The molecule has 30 heavy (non-hydrogen) atoms.